The number of aliphatic hydroxyl groups excluding tert-OH is 1. The van der Waals surface area contributed by atoms with Gasteiger partial charge in [-0.3, -0.25) is 4.57 Å². The molecule has 2 aromatic rings. The van der Waals surface area contributed by atoms with E-state index < -0.39 is 13.2 Å². The predicted molar refractivity (Wildman–Crippen MR) is 107 cm³/mol. The van der Waals surface area contributed by atoms with Crippen LogP contribution in [0, 0.1) is 0 Å². The van der Waals surface area contributed by atoms with Crippen molar-refractivity contribution in [3.8, 4) is 0 Å². The Morgan fingerprint density at radius 1 is 1.00 bits per heavy atom. The maximum absolute atomic E-state index is 14.0. The smallest absolute Gasteiger partial charge is 0.264 e. The van der Waals surface area contributed by atoms with Crippen molar-refractivity contribution in [3.63, 3.8) is 0 Å². The van der Waals surface area contributed by atoms with Gasteiger partial charge in [-0.25, -0.2) is 0 Å². The molecule has 5 heteroatoms. The molecule has 0 aromatic heterocycles. The fraction of sp³-hybridized carbons (Fsp3) is 0.429. The third-order valence-corrected chi connectivity index (χ3v) is 7.57. The molecule has 0 bridgehead atoms. The normalized spacial score (nSPS) is 18.9. The fourth-order valence-corrected chi connectivity index (χ4v) is 5.73. The number of rotatable bonds is 6. The molecular formula is C21H28NO3P. The van der Waals surface area contributed by atoms with Crippen LogP contribution < -0.4 is 10.2 Å². The molecule has 3 rings (SSSR count). The van der Waals surface area contributed by atoms with Gasteiger partial charge in [0.2, 0.25) is 0 Å². The summed E-state index contributed by atoms with van der Waals surface area (Å²) >= 11 is 0. The van der Waals surface area contributed by atoms with Crippen LogP contribution in [0.2, 0.25) is 0 Å². The molecule has 26 heavy (non-hydrogen) atoms. The van der Waals surface area contributed by atoms with Gasteiger partial charge < -0.3 is 14.5 Å². The van der Waals surface area contributed by atoms with Crippen molar-refractivity contribution in [2.75, 3.05) is 19.0 Å². The Kier molecular flexibility index (Phi) is 6.18. The van der Waals surface area contributed by atoms with Gasteiger partial charge in [-0.1, -0.05) is 49.6 Å². The summed E-state index contributed by atoms with van der Waals surface area (Å²) in [7, 11) is 0.462. The van der Waals surface area contributed by atoms with Crippen molar-refractivity contribution in [1.29, 1.82) is 0 Å². The van der Waals surface area contributed by atoms with Gasteiger partial charge in [0.05, 0.1) is 6.10 Å². The summed E-state index contributed by atoms with van der Waals surface area (Å²) in [4.78, 5) is 1.99. The average molecular weight is 373 g/mol. The molecule has 2 atom stereocenters. The van der Waals surface area contributed by atoms with Crippen molar-refractivity contribution in [3.05, 3.63) is 60.2 Å². The molecule has 0 heterocycles. The first-order chi connectivity index (χ1) is 12.5. The number of aliphatic hydroxyl groups is 1. The van der Waals surface area contributed by atoms with E-state index in [1.54, 1.807) is 12.1 Å². The standard InChI is InChI=1S/C21H28NO3P/c1-22(2)18-13-15-20(16-14-18)26(24,25-19-11-7-4-8-12-19)21(23)17-9-5-3-6-10-17/h3,5-6,9-10,13-16,19,21,23H,4,7-8,11-12H2,1-2H3. The highest BCUT2D eigenvalue weighted by atomic mass is 31.2. The minimum atomic E-state index is -3.47. The quantitative estimate of drug-likeness (QED) is 0.746. The molecule has 4 nitrogen and oxygen atoms in total. The largest absolute Gasteiger partial charge is 0.378 e. The molecule has 0 aliphatic heterocycles. The summed E-state index contributed by atoms with van der Waals surface area (Å²) in [6.45, 7) is 0. The Labute approximate surface area is 156 Å². The predicted octanol–water partition coefficient (Wildman–Crippen LogP) is 4.70. The second-order valence-electron chi connectivity index (χ2n) is 7.16. The van der Waals surface area contributed by atoms with Gasteiger partial charge in [-0.2, -0.15) is 0 Å². The summed E-state index contributed by atoms with van der Waals surface area (Å²) in [6.07, 6.45) is 5.13. The maximum atomic E-state index is 14.0. The Morgan fingerprint density at radius 2 is 1.62 bits per heavy atom. The third-order valence-electron chi connectivity index (χ3n) is 5.00. The van der Waals surface area contributed by atoms with Crippen LogP contribution in [0.5, 0.6) is 0 Å². The Morgan fingerprint density at radius 3 is 2.19 bits per heavy atom. The zero-order chi connectivity index (χ0) is 18.6. The maximum Gasteiger partial charge on any atom is 0.264 e. The van der Waals surface area contributed by atoms with Crippen LogP contribution >= 0.6 is 7.37 Å². The highest BCUT2D eigenvalue weighted by Gasteiger charge is 2.38. The van der Waals surface area contributed by atoms with Crippen LogP contribution in [0.15, 0.2) is 54.6 Å². The Balaban J connectivity index is 1.96. The molecule has 0 spiro atoms. The molecule has 0 radical (unpaired) electrons. The molecule has 0 saturated heterocycles. The summed E-state index contributed by atoms with van der Waals surface area (Å²) in [6, 6.07) is 16.7. The Hall–Kier alpha value is -1.61. The van der Waals surface area contributed by atoms with Crippen molar-refractivity contribution >= 4 is 18.4 Å². The number of hydrogen-bond acceptors (Lipinski definition) is 4. The van der Waals surface area contributed by atoms with E-state index in [1.807, 2.05) is 61.5 Å². The van der Waals surface area contributed by atoms with E-state index in [4.69, 9.17) is 4.52 Å². The van der Waals surface area contributed by atoms with Gasteiger partial charge in [0.25, 0.3) is 7.37 Å². The molecule has 1 aliphatic carbocycles. The first-order valence-electron chi connectivity index (χ1n) is 9.30. The summed E-state index contributed by atoms with van der Waals surface area (Å²) in [5.41, 5.74) is 1.65. The van der Waals surface area contributed by atoms with E-state index in [1.165, 1.54) is 6.42 Å². The lowest BCUT2D eigenvalue weighted by Gasteiger charge is -2.31. The zero-order valence-electron chi connectivity index (χ0n) is 15.5. The zero-order valence-corrected chi connectivity index (χ0v) is 16.4. The van der Waals surface area contributed by atoms with Crippen molar-refractivity contribution in [2.45, 2.75) is 44.1 Å². The second kappa shape index (κ2) is 8.39. The molecule has 1 aliphatic rings. The van der Waals surface area contributed by atoms with Gasteiger partial charge in [0.1, 0.15) is 0 Å². The lowest BCUT2D eigenvalue weighted by Crippen LogP contribution is -2.22. The fourth-order valence-electron chi connectivity index (χ4n) is 3.43. The topological polar surface area (TPSA) is 49.8 Å². The van der Waals surface area contributed by atoms with Gasteiger partial charge in [-0.05, 0) is 42.7 Å². The van der Waals surface area contributed by atoms with Crippen LogP contribution in [-0.2, 0) is 9.09 Å². The molecule has 1 saturated carbocycles. The van der Waals surface area contributed by atoms with Gasteiger partial charge in [0, 0.05) is 25.1 Å². The number of anilines is 1. The van der Waals surface area contributed by atoms with E-state index >= 15 is 0 Å². The van der Waals surface area contributed by atoms with Crippen LogP contribution in [-0.4, -0.2) is 25.3 Å². The van der Waals surface area contributed by atoms with Crippen LogP contribution in [0.1, 0.15) is 43.5 Å². The minimum Gasteiger partial charge on any atom is -0.378 e. The van der Waals surface area contributed by atoms with Gasteiger partial charge in [-0.15, -0.1) is 0 Å². The third kappa shape index (κ3) is 4.20. The number of hydrogen-bond donors (Lipinski definition) is 1. The summed E-state index contributed by atoms with van der Waals surface area (Å²) in [5, 5.41) is 11.6. The average Bonchev–Trinajstić information content (AvgIpc) is 2.69. The van der Waals surface area contributed by atoms with Crippen molar-refractivity contribution < 1.29 is 14.2 Å². The van der Waals surface area contributed by atoms with Crippen LogP contribution in [0.3, 0.4) is 0 Å². The SMILES string of the molecule is CN(C)c1ccc(P(=O)(OC2CCCCC2)C(O)c2ccccc2)cc1. The van der Waals surface area contributed by atoms with E-state index in [0.29, 0.717) is 10.9 Å². The van der Waals surface area contributed by atoms with E-state index in [9.17, 15) is 9.67 Å². The first-order valence-corrected chi connectivity index (χ1v) is 11.0. The molecule has 2 aromatic carbocycles. The van der Waals surface area contributed by atoms with Gasteiger partial charge >= 0.3 is 0 Å². The lowest BCUT2D eigenvalue weighted by atomic mass is 9.98. The Bertz CT molecular complexity index is 740. The van der Waals surface area contributed by atoms with Crippen molar-refractivity contribution in [2.24, 2.45) is 0 Å². The number of nitrogens with zero attached hydrogens (tertiary/aromatic N) is 1. The lowest BCUT2D eigenvalue weighted by molar-refractivity contribution is 0.137. The molecule has 0 amide bonds. The monoisotopic (exact) mass is 373 g/mol. The first kappa shape index (κ1) is 19.2. The number of benzene rings is 2. The minimum absolute atomic E-state index is 0.0542. The van der Waals surface area contributed by atoms with Crippen LogP contribution in [0.25, 0.3) is 0 Å². The van der Waals surface area contributed by atoms with E-state index in [2.05, 4.69) is 0 Å². The summed E-state index contributed by atoms with van der Waals surface area (Å²) < 4.78 is 20.2. The van der Waals surface area contributed by atoms with E-state index in [-0.39, 0.29) is 6.10 Å². The van der Waals surface area contributed by atoms with Crippen LogP contribution in [0.4, 0.5) is 5.69 Å². The molecular weight excluding hydrogens is 345 g/mol. The van der Waals surface area contributed by atoms with E-state index in [0.717, 1.165) is 31.4 Å². The van der Waals surface area contributed by atoms with Crippen molar-refractivity contribution in [1.82, 2.24) is 0 Å². The highest BCUT2D eigenvalue weighted by Crippen LogP contribution is 2.59. The second-order valence-corrected chi connectivity index (χ2v) is 9.57. The highest BCUT2D eigenvalue weighted by molar-refractivity contribution is 7.67. The molecule has 2 unspecified atom stereocenters. The molecule has 1 fully saturated rings. The molecule has 1 N–H and O–H groups in total. The molecule has 140 valence electrons. The summed E-state index contributed by atoms with van der Waals surface area (Å²) in [5.74, 6) is -1.16. The van der Waals surface area contributed by atoms with Gasteiger partial charge in [0.15, 0.2) is 5.85 Å².